The predicted octanol–water partition coefficient (Wildman–Crippen LogP) is 3.85. The molecule has 152 valence electrons. The maximum absolute atomic E-state index is 4.76. The van der Waals surface area contributed by atoms with Crippen molar-refractivity contribution in [1.82, 2.24) is 20.2 Å². The highest BCUT2D eigenvalue weighted by Crippen LogP contribution is 2.10. The minimum atomic E-state index is 0.649. The molecule has 0 bridgehead atoms. The van der Waals surface area contributed by atoms with Crippen LogP contribution in [0.15, 0.2) is 66.2 Å². The summed E-state index contributed by atoms with van der Waals surface area (Å²) in [5.41, 5.74) is 6.45. The van der Waals surface area contributed by atoms with Crippen LogP contribution in [0.4, 0.5) is 0 Å². The lowest BCUT2D eigenvalue weighted by molar-refractivity contribution is 0.791. The highest BCUT2D eigenvalue weighted by atomic mass is 15.2. The SMILES string of the molecule is CCNC(=NCc1cccc(Cn2ccnc2)c1)NCCc1cc(C)cc(C)c1. The van der Waals surface area contributed by atoms with Gasteiger partial charge in [0.2, 0.25) is 0 Å². The molecule has 0 spiro atoms. The zero-order valence-corrected chi connectivity index (χ0v) is 17.7. The summed E-state index contributed by atoms with van der Waals surface area (Å²) < 4.78 is 2.07. The Bertz CT molecular complexity index is 908. The lowest BCUT2D eigenvalue weighted by Gasteiger charge is -2.12. The van der Waals surface area contributed by atoms with E-state index in [0.29, 0.717) is 6.54 Å². The van der Waals surface area contributed by atoms with E-state index in [9.17, 15) is 0 Å². The van der Waals surface area contributed by atoms with Crippen LogP contribution in [0.25, 0.3) is 0 Å². The van der Waals surface area contributed by atoms with Gasteiger partial charge in [-0.3, -0.25) is 0 Å². The second-order valence-electron chi connectivity index (χ2n) is 7.42. The first-order valence-electron chi connectivity index (χ1n) is 10.3. The average Bonchev–Trinajstić information content (AvgIpc) is 3.19. The molecule has 0 radical (unpaired) electrons. The van der Waals surface area contributed by atoms with Gasteiger partial charge >= 0.3 is 0 Å². The molecule has 0 atom stereocenters. The second-order valence-corrected chi connectivity index (χ2v) is 7.42. The highest BCUT2D eigenvalue weighted by molar-refractivity contribution is 5.79. The summed E-state index contributed by atoms with van der Waals surface area (Å²) in [5.74, 6) is 0.858. The van der Waals surface area contributed by atoms with Crippen LogP contribution in [-0.2, 0) is 19.5 Å². The number of imidazole rings is 1. The number of benzene rings is 2. The van der Waals surface area contributed by atoms with Gasteiger partial charge in [0.05, 0.1) is 12.9 Å². The first kappa shape index (κ1) is 20.6. The summed E-state index contributed by atoms with van der Waals surface area (Å²) in [4.78, 5) is 8.87. The molecule has 0 aliphatic rings. The van der Waals surface area contributed by atoms with Crippen molar-refractivity contribution in [3.8, 4) is 0 Å². The molecule has 0 fully saturated rings. The number of aromatic nitrogens is 2. The fourth-order valence-electron chi connectivity index (χ4n) is 3.47. The van der Waals surface area contributed by atoms with Crippen molar-refractivity contribution < 1.29 is 0 Å². The normalized spacial score (nSPS) is 11.5. The monoisotopic (exact) mass is 389 g/mol. The number of hydrogen-bond acceptors (Lipinski definition) is 2. The third-order valence-electron chi connectivity index (χ3n) is 4.67. The van der Waals surface area contributed by atoms with Crippen molar-refractivity contribution in [2.45, 2.75) is 40.3 Å². The minimum Gasteiger partial charge on any atom is -0.357 e. The smallest absolute Gasteiger partial charge is 0.191 e. The van der Waals surface area contributed by atoms with Crippen LogP contribution in [0.5, 0.6) is 0 Å². The second kappa shape index (κ2) is 10.5. The molecule has 1 heterocycles. The third-order valence-corrected chi connectivity index (χ3v) is 4.67. The molecule has 5 heteroatoms. The molecule has 0 unspecified atom stereocenters. The number of nitrogens with zero attached hydrogens (tertiary/aromatic N) is 3. The van der Waals surface area contributed by atoms with Crippen LogP contribution in [0, 0.1) is 13.8 Å². The van der Waals surface area contributed by atoms with Gasteiger partial charge in [-0.15, -0.1) is 0 Å². The third kappa shape index (κ3) is 6.79. The number of guanidine groups is 1. The minimum absolute atomic E-state index is 0.649. The molecule has 0 saturated heterocycles. The van der Waals surface area contributed by atoms with Gasteiger partial charge in [-0.25, -0.2) is 9.98 Å². The summed E-state index contributed by atoms with van der Waals surface area (Å²) in [5, 5.41) is 6.80. The molecule has 1 aromatic heterocycles. The van der Waals surface area contributed by atoms with E-state index in [4.69, 9.17) is 4.99 Å². The molecule has 2 N–H and O–H groups in total. The van der Waals surface area contributed by atoms with Crippen molar-refractivity contribution in [2.75, 3.05) is 13.1 Å². The molecule has 3 aromatic rings. The van der Waals surface area contributed by atoms with Crippen LogP contribution in [0.2, 0.25) is 0 Å². The molecule has 0 aliphatic heterocycles. The number of aryl methyl sites for hydroxylation is 2. The van der Waals surface area contributed by atoms with Gasteiger partial charge in [0.1, 0.15) is 0 Å². The van der Waals surface area contributed by atoms with Crippen LogP contribution in [-0.4, -0.2) is 28.6 Å². The molecule has 29 heavy (non-hydrogen) atoms. The van der Waals surface area contributed by atoms with Gasteiger partial charge < -0.3 is 15.2 Å². The van der Waals surface area contributed by atoms with E-state index in [2.05, 4.69) is 83.4 Å². The standard InChI is InChI=1S/C24H31N5/c1-4-26-24(27-9-8-21-13-19(2)12-20(3)14-21)28-16-22-6-5-7-23(15-22)17-29-11-10-25-18-29/h5-7,10-15,18H,4,8-9,16-17H2,1-3H3,(H2,26,27,28). The highest BCUT2D eigenvalue weighted by Gasteiger charge is 2.01. The van der Waals surface area contributed by atoms with E-state index in [-0.39, 0.29) is 0 Å². The first-order chi connectivity index (χ1) is 14.1. The van der Waals surface area contributed by atoms with Gasteiger partial charge in [-0.05, 0) is 43.9 Å². The van der Waals surface area contributed by atoms with E-state index < -0.39 is 0 Å². The van der Waals surface area contributed by atoms with E-state index in [0.717, 1.165) is 32.0 Å². The Morgan fingerprint density at radius 2 is 1.79 bits per heavy atom. The summed E-state index contributed by atoms with van der Waals surface area (Å²) >= 11 is 0. The zero-order valence-electron chi connectivity index (χ0n) is 17.7. The Morgan fingerprint density at radius 1 is 1.00 bits per heavy atom. The zero-order chi connectivity index (χ0) is 20.5. The quantitative estimate of drug-likeness (QED) is 0.455. The molecule has 3 rings (SSSR count). The van der Waals surface area contributed by atoms with Crippen LogP contribution in [0.3, 0.4) is 0 Å². The van der Waals surface area contributed by atoms with Crippen molar-refractivity contribution in [3.63, 3.8) is 0 Å². The summed E-state index contributed by atoms with van der Waals surface area (Å²) in [6, 6.07) is 15.3. The van der Waals surface area contributed by atoms with Crippen LogP contribution < -0.4 is 10.6 Å². The summed E-state index contributed by atoms with van der Waals surface area (Å²) in [7, 11) is 0. The van der Waals surface area contributed by atoms with Crippen molar-refractivity contribution in [3.05, 3.63) is 89.0 Å². The fraction of sp³-hybridized carbons (Fsp3) is 0.333. The van der Waals surface area contributed by atoms with Crippen molar-refractivity contribution in [2.24, 2.45) is 4.99 Å². The summed E-state index contributed by atoms with van der Waals surface area (Å²) in [6.45, 7) is 9.56. The number of nitrogens with one attached hydrogen (secondary N) is 2. The Balaban J connectivity index is 1.57. The van der Waals surface area contributed by atoms with Gasteiger partial charge in [0.25, 0.3) is 0 Å². The number of rotatable bonds is 8. The molecule has 0 amide bonds. The average molecular weight is 390 g/mol. The van der Waals surface area contributed by atoms with E-state index in [1.165, 1.54) is 27.8 Å². The van der Waals surface area contributed by atoms with E-state index in [1.54, 1.807) is 6.20 Å². The Morgan fingerprint density at radius 3 is 2.52 bits per heavy atom. The van der Waals surface area contributed by atoms with Gasteiger partial charge in [-0.1, -0.05) is 53.6 Å². The van der Waals surface area contributed by atoms with Crippen molar-refractivity contribution in [1.29, 1.82) is 0 Å². The fourth-order valence-corrected chi connectivity index (χ4v) is 3.47. The maximum Gasteiger partial charge on any atom is 0.191 e. The topological polar surface area (TPSA) is 54.2 Å². The lowest BCUT2D eigenvalue weighted by Crippen LogP contribution is -2.38. The van der Waals surface area contributed by atoms with Gasteiger partial charge in [-0.2, -0.15) is 0 Å². The molecule has 2 aromatic carbocycles. The maximum atomic E-state index is 4.76. The van der Waals surface area contributed by atoms with Crippen LogP contribution in [0.1, 0.15) is 34.7 Å². The number of hydrogen-bond donors (Lipinski definition) is 2. The Labute approximate surface area is 173 Å². The molecular weight excluding hydrogens is 358 g/mol. The molecular formula is C24H31N5. The summed E-state index contributed by atoms with van der Waals surface area (Å²) in [6.07, 6.45) is 6.61. The van der Waals surface area contributed by atoms with Crippen molar-refractivity contribution >= 4 is 5.96 Å². The van der Waals surface area contributed by atoms with Gasteiger partial charge in [0, 0.05) is 32.0 Å². The Hall–Kier alpha value is -3.08. The molecule has 0 saturated carbocycles. The predicted molar refractivity (Wildman–Crippen MR) is 120 cm³/mol. The van der Waals surface area contributed by atoms with E-state index in [1.807, 2.05) is 12.5 Å². The first-order valence-corrected chi connectivity index (χ1v) is 10.3. The van der Waals surface area contributed by atoms with Crippen LogP contribution >= 0.6 is 0 Å². The largest absolute Gasteiger partial charge is 0.357 e. The number of aliphatic imine (C=N–C) groups is 1. The Kier molecular flexibility index (Phi) is 7.45. The lowest BCUT2D eigenvalue weighted by atomic mass is 10.1. The van der Waals surface area contributed by atoms with Gasteiger partial charge in [0.15, 0.2) is 5.96 Å². The van der Waals surface area contributed by atoms with E-state index >= 15 is 0 Å². The molecule has 5 nitrogen and oxygen atoms in total. The molecule has 0 aliphatic carbocycles.